The molecule has 0 saturated carbocycles. The Hall–Kier alpha value is -0.900. The van der Waals surface area contributed by atoms with E-state index in [0.29, 0.717) is 10.0 Å². The van der Waals surface area contributed by atoms with Crippen molar-refractivity contribution in [3.8, 4) is 0 Å². The summed E-state index contributed by atoms with van der Waals surface area (Å²) in [6.07, 6.45) is 7.97. The number of halogens is 2. The van der Waals surface area contributed by atoms with Crippen molar-refractivity contribution < 1.29 is 0 Å². The number of benzene rings is 1. The zero-order chi connectivity index (χ0) is 14.8. The lowest BCUT2D eigenvalue weighted by Gasteiger charge is -2.24. The molecule has 5 heteroatoms. The second-order valence-corrected chi connectivity index (χ2v) is 6.58. The van der Waals surface area contributed by atoms with E-state index in [-0.39, 0.29) is 5.54 Å². The number of hydrogen-bond donors (Lipinski definition) is 1. The lowest BCUT2D eigenvalue weighted by molar-refractivity contribution is 0.639. The third-order valence-corrected chi connectivity index (χ3v) is 4.01. The van der Waals surface area contributed by atoms with E-state index in [9.17, 15) is 0 Å². The molecule has 2 rings (SSSR count). The minimum atomic E-state index is -0.215. The summed E-state index contributed by atoms with van der Waals surface area (Å²) in [5.41, 5.74) is 1.60. The van der Waals surface area contributed by atoms with Crippen molar-refractivity contribution in [2.45, 2.75) is 19.4 Å². The van der Waals surface area contributed by atoms with E-state index in [1.165, 1.54) is 0 Å². The van der Waals surface area contributed by atoms with Crippen LogP contribution >= 0.6 is 35.0 Å². The smallest absolute Gasteiger partial charge is 0.161 e. The van der Waals surface area contributed by atoms with E-state index in [1.807, 2.05) is 36.6 Å². The van der Waals surface area contributed by atoms with Crippen LogP contribution in [0, 0.1) is 0 Å². The number of amidine groups is 1. The van der Waals surface area contributed by atoms with Crippen molar-refractivity contribution in [2.24, 2.45) is 4.99 Å². The maximum atomic E-state index is 6.16. The summed E-state index contributed by atoms with van der Waals surface area (Å²) < 4.78 is 0. The van der Waals surface area contributed by atoms with Gasteiger partial charge in [-0.1, -0.05) is 41.0 Å². The topological polar surface area (TPSA) is 24.4 Å². The molecule has 2 nitrogen and oxygen atoms in total. The van der Waals surface area contributed by atoms with Crippen LogP contribution in [0.1, 0.15) is 19.4 Å². The molecule has 0 unspecified atom stereocenters. The van der Waals surface area contributed by atoms with Gasteiger partial charge in [-0.3, -0.25) is 4.99 Å². The molecule has 0 saturated heterocycles. The first kappa shape index (κ1) is 15.5. The number of aliphatic imine (C=N–C) groups is 1. The first-order valence-electron chi connectivity index (χ1n) is 6.17. The standard InChI is InChI=1S/C15H16Cl2N2S/c1-15(2)9-10(18-14(19-15)20-3)7-8-11-12(16)5-4-6-13(11)17/h4-9H,1-3H3,(H,18,19)/b8-7+. The molecular weight excluding hydrogens is 311 g/mol. The fourth-order valence-corrected chi connectivity index (χ4v) is 2.96. The molecule has 106 valence electrons. The highest BCUT2D eigenvalue weighted by Crippen LogP contribution is 2.27. The molecule has 1 aromatic carbocycles. The van der Waals surface area contributed by atoms with E-state index in [4.69, 9.17) is 23.2 Å². The van der Waals surface area contributed by atoms with Crippen LogP contribution in [0.3, 0.4) is 0 Å². The van der Waals surface area contributed by atoms with Crippen molar-refractivity contribution in [1.82, 2.24) is 5.32 Å². The zero-order valence-corrected chi connectivity index (χ0v) is 13.9. The van der Waals surface area contributed by atoms with Crippen LogP contribution in [0.15, 0.2) is 41.0 Å². The van der Waals surface area contributed by atoms with E-state index < -0.39 is 0 Å². The number of nitrogens with zero attached hydrogens (tertiary/aromatic N) is 1. The Bertz CT molecular complexity index is 584. The lowest BCUT2D eigenvalue weighted by Crippen LogP contribution is -2.31. The Kier molecular flexibility index (Phi) is 4.84. The maximum Gasteiger partial charge on any atom is 0.161 e. The molecule has 20 heavy (non-hydrogen) atoms. The summed E-state index contributed by atoms with van der Waals surface area (Å²) in [4.78, 5) is 4.58. The summed E-state index contributed by atoms with van der Waals surface area (Å²) in [6.45, 7) is 4.14. The van der Waals surface area contributed by atoms with Gasteiger partial charge in [0.15, 0.2) is 5.17 Å². The molecule has 1 aliphatic heterocycles. The fraction of sp³-hybridized carbons (Fsp3) is 0.267. The molecule has 0 aliphatic carbocycles. The molecule has 1 aliphatic rings. The molecule has 0 amide bonds. The maximum absolute atomic E-state index is 6.16. The number of allylic oxidation sites excluding steroid dienone is 1. The summed E-state index contributed by atoms with van der Waals surface area (Å²) in [5.74, 6) is 0. The van der Waals surface area contributed by atoms with Gasteiger partial charge in [0, 0.05) is 21.3 Å². The minimum absolute atomic E-state index is 0.215. The van der Waals surface area contributed by atoms with Gasteiger partial charge in [0.25, 0.3) is 0 Å². The summed E-state index contributed by atoms with van der Waals surface area (Å²) >= 11 is 13.9. The second-order valence-electron chi connectivity index (χ2n) is 4.97. The van der Waals surface area contributed by atoms with Crippen LogP contribution in [0.2, 0.25) is 10.0 Å². The van der Waals surface area contributed by atoms with Crippen molar-refractivity contribution in [3.05, 3.63) is 51.7 Å². The van der Waals surface area contributed by atoms with Crippen molar-refractivity contribution >= 4 is 46.2 Å². The molecule has 0 bridgehead atoms. The molecular formula is C15H16Cl2N2S. The molecule has 0 aromatic heterocycles. The Morgan fingerprint density at radius 3 is 2.45 bits per heavy atom. The molecule has 1 N–H and O–H groups in total. The minimum Gasteiger partial charge on any atom is -0.335 e. The lowest BCUT2D eigenvalue weighted by atomic mass is 10.0. The summed E-state index contributed by atoms with van der Waals surface area (Å²) in [5, 5.41) is 5.46. The molecule has 0 spiro atoms. The van der Waals surface area contributed by atoms with Gasteiger partial charge in [-0.2, -0.15) is 0 Å². The molecule has 1 aromatic rings. The number of hydrogen-bond acceptors (Lipinski definition) is 3. The third kappa shape index (κ3) is 3.81. The quantitative estimate of drug-likeness (QED) is 0.827. The average molecular weight is 327 g/mol. The van der Waals surface area contributed by atoms with Crippen molar-refractivity contribution in [1.29, 1.82) is 0 Å². The predicted molar refractivity (Wildman–Crippen MR) is 91.7 cm³/mol. The normalized spacial score (nSPS) is 17.6. The molecule has 0 radical (unpaired) electrons. The van der Waals surface area contributed by atoms with Crippen LogP contribution in [0.25, 0.3) is 6.08 Å². The SMILES string of the molecule is CSC1=NC(C)(C)C=C(/C=C/c2c(Cl)cccc2Cl)N1. The number of rotatable bonds is 2. The van der Waals surface area contributed by atoms with Crippen LogP contribution in [-0.2, 0) is 0 Å². The van der Waals surface area contributed by atoms with E-state index in [0.717, 1.165) is 16.4 Å². The van der Waals surface area contributed by atoms with E-state index in [2.05, 4.69) is 30.2 Å². The number of nitrogens with one attached hydrogen (secondary N) is 1. The summed E-state index contributed by atoms with van der Waals surface area (Å²) in [6, 6.07) is 5.49. The Morgan fingerprint density at radius 1 is 1.20 bits per heavy atom. The highest BCUT2D eigenvalue weighted by molar-refractivity contribution is 8.13. The van der Waals surface area contributed by atoms with Gasteiger partial charge >= 0.3 is 0 Å². The van der Waals surface area contributed by atoms with Crippen LogP contribution in [0.5, 0.6) is 0 Å². The Labute approximate surface area is 134 Å². The number of thioether (sulfide) groups is 1. The average Bonchev–Trinajstić information content (AvgIpc) is 2.36. The van der Waals surface area contributed by atoms with Gasteiger partial charge in [0.1, 0.15) is 0 Å². The first-order chi connectivity index (χ1) is 9.41. The monoisotopic (exact) mass is 326 g/mol. The molecule has 1 heterocycles. The van der Waals surface area contributed by atoms with Crippen LogP contribution in [-0.4, -0.2) is 17.0 Å². The third-order valence-electron chi connectivity index (χ3n) is 2.77. The van der Waals surface area contributed by atoms with Crippen molar-refractivity contribution in [2.75, 3.05) is 6.26 Å². The predicted octanol–water partition coefficient (Wildman–Crippen LogP) is 4.99. The van der Waals surface area contributed by atoms with Crippen molar-refractivity contribution in [3.63, 3.8) is 0 Å². The second kappa shape index (κ2) is 6.25. The highest BCUT2D eigenvalue weighted by atomic mass is 35.5. The van der Waals surface area contributed by atoms with Gasteiger partial charge in [0.05, 0.1) is 5.54 Å². The molecule has 0 atom stereocenters. The summed E-state index contributed by atoms with van der Waals surface area (Å²) in [7, 11) is 0. The van der Waals surface area contributed by atoms with Gasteiger partial charge in [-0.25, -0.2) is 0 Å². The zero-order valence-electron chi connectivity index (χ0n) is 11.6. The van der Waals surface area contributed by atoms with Gasteiger partial charge < -0.3 is 5.32 Å². The molecule has 0 fully saturated rings. The van der Waals surface area contributed by atoms with E-state index >= 15 is 0 Å². The highest BCUT2D eigenvalue weighted by Gasteiger charge is 2.19. The van der Waals surface area contributed by atoms with Crippen LogP contribution < -0.4 is 5.32 Å². The van der Waals surface area contributed by atoms with E-state index in [1.54, 1.807) is 11.8 Å². The largest absolute Gasteiger partial charge is 0.335 e. The fourth-order valence-electron chi connectivity index (χ4n) is 1.89. The van der Waals surface area contributed by atoms with Gasteiger partial charge in [-0.05, 0) is 50.5 Å². The van der Waals surface area contributed by atoms with Crippen LogP contribution in [0.4, 0.5) is 0 Å². The first-order valence-corrected chi connectivity index (χ1v) is 8.15. The van der Waals surface area contributed by atoms with Gasteiger partial charge in [-0.15, -0.1) is 0 Å². The van der Waals surface area contributed by atoms with Gasteiger partial charge in [0.2, 0.25) is 0 Å². The Morgan fingerprint density at radius 2 is 1.85 bits per heavy atom. The Balaban J connectivity index is 2.26.